The minimum Gasteiger partial charge on any atom is -0.434 e. The lowest BCUT2D eigenvalue weighted by atomic mass is 9.96. The highest BCUT2D eigenvalue weighted by atomic mass is 35.5. The van der Waals surface area contributed by atoms with Crippen LogP contribution in [0.3, 0.4) is 0 Å². The predicted octanol–water partition coefficient (Wildman–Crippen LogP) is 5.62. The van der Waals surface area contributed by atoms with E-state index >= 15 is 0 Å². The van der Waals surface area contributed by atoms with Crippen LogP contribution >= 0.6 is 11.6 Å². The summed E-state index contributed by atoms with van der Waals surface area (Å²) < 4.78 is 32.5. The Morgan fingerprint density at radius 3 is 2.93 bits per heavy atom. The lowest BCUT2D eigenvalue weighted by Crippen LogP contribution is -2.12. The summed E-state index contributed by atoms with van der Waals surface area (Å²) in [4.78, 5) is 7.45. The Morgan fingerprint density at radius 1 is 1.39 bits per heavy atom. The third-order valence-corrected chi connectivity index (χ3v) is 4.93. The molecule has 4 rings (SSSR count). The average molecular weight is 400 g/mol. The number of ether oxygens (including phenoxy) is 1. The van der Waals surface area contributed by atoms with Crippen molar-refractivity contribution in [3.63, 3.8) is 0 Å². The van der Waals surface area contributed by atoms with Gasteiger partial charge in [-0.1, -0.05) is 28.7 Å². The molecule has 28 heavy (non-hydrogen) atoms. The maximum atomic E-state index is 13.0. The number of benzene rings is 2. The van der Waals surface area contributed by atoms with E-state index in [4.69, 9.17) is 28.3 Å². The molecule has 0 amide bonds. The summed E-state index contributed by atoms with van der Waals surface area (Å²) >= 11 is 6.15. The van der Waals surface area contributed by atoms with Crippen LogP contribution in [-0.4, -0.2) is 16.2 Å². The second-order valence-corrected chi connectivity index (χ2v) is 6.62. The average Bonchev–Trinajstić information content (AvgIpc) is 3.19. The molecule has 1 aromatic heterocycles. The molecule has 9 heteroatoms. The summed E-state index contributed by atoms with van der Waals surface area (Å²) in [7, 11) is 0. The van der Waals surface area contributed by atoms with Crippen molar-refractivity contribution in [2.75, 3.05) is 0 Å². The zero-order valence-electron chi connectivity index (χ0n) is 14.3. The van der Waals surface area contributed by atoms with Gasteiger partial charge in [-0.25, -0.2) is 4.98 Å². The van der Waals surface area contributed by atoms with Crippen molar-refractivity contribution in [3.05, 3.63) is 68.8 Å². The number of imidazole rings is 1. The topological polar surface area (TPSA) is 75.8 Å². The standard InChI is InChI=1S/C19H12ClF2N5O/c1-2-10-4-3-5-16(28-19(21)22)17(10)15-9-13(25-26-23)18-24-12-7-6-11(20)8-14(12)27(15)18/h1,3-8,13,15,19H,9H2/t13-,15+/m0/s1. The van der Waals surface area contributed by atoms with Crippen LogP contribution in [0.4, 0.5) is 8.78 Å². The number of fused-ring (bicyclic) bond motifs is 3. The van der Waals surface area contributed by atoms with Gasteiger partial charge in [0.1, 0.15) is 11.6 Å². The van der Waals surface area contributed by atoms with E-state index in [1.54, 1.807) is 30.3 Å². The fourth-order valence-electron chi connectivity index (χ4n) is 3.69. The van der Waals surface area contributed by atoms with Crippen molar-refractivity contribution >= 4 is 22.6 Å². The van der Waals surface area contributed by atoms with Crippen LogP contribution in [0, 0.1) is 12.3 Å². The van der Waals surface area contributed by atoms with E-state index in [-0.39, 0.29) is 5.75 Å². The number of hydrogen-bond donors (Lipinski definition) is 0. The number of nitrogens with zero attached hydrogens (tertiary/aromatic N) is 5. The first-order chi connectivity index (χ1) is 13.5. The van der Waals surface area contributed by atoms with Gasteiger partial charge in [-0.15, -0.1) is 6.42 Å². The van der Waals surface area contributed by atoms with Crippen LogP contribution in [0.5, 0.6) is 5.75 Å². The van der Waals surface area contributed by atoms with Gasteiger partial charge in [0.05, 0.1) is 23.1 Å². The van der Waals surface area contributed by atoms with E-state index < -0.39 is 18.7 Å². The number of terminal acetylenes is 1. The largest absolute Gasteiger partial charge is 0.434 e. The first-order valence-electron chi connectivity index (χ1n) is 8.29. The summed E-state index contributed by atoms with van der Waals surface area (Å²) in [6.07, 6.45) is 5.93. The predicted molar refractivity (Wildman–Crippen MR) is 100 cm³/mol. The zero-order valence-corrected chi connectivity index (χ0v) is 15.0. The number of aromatic nitrogens is 2. The molecule has 0 radical (unpaired) electrons. The van der Waals surface area contributed by atoms with Crippen molar-refractivity contribution in [1.29, 1.82) is 0 Å². The molecular weight excluding hydrogens is 388 g/mol. The lowest BCUT2D eigenvalue weighted by Gasteiger charge is -2.20. The third-order valence-electron chi connectivity index (χ3n) is 4.70. The van der Waals surface area contributed by atoms with Crippen molar-refractivity contribution in [2.24, 2.45) is 5.11 Å². The van der Waals surface area contributed by atoms with Gasteiger partial charge < -0.3 is 9.30 Å². The quantitative estimate of drug-likeness (QED) is 0.247. The molecular formula is C19H12ClF2N5O. The first kappa shape index (κ1) is 18.1. The summed E-state index contributed by atoms with van der Waals surface area (Å²) in [5, 5.41) is 4.32. The highest BCUT2D eigenvalue weighted by Gasteiger charge is 2.37. The van der Waals surface area contributed by atoms with E-state index in [9.17, 15) is 8.78 Å². The maximum Gasteiger partial charge on any atom is 0.387 e. The molecule has 0 saturated heterocycles. The Bertz CT molecular complexity index is 1160. The fraction of sp³-hybridized carbons (Fsp3) is 0.211. The fourth-order valence-corrected chi connectivity index (χ4v) is 3.86. The summed E-state index contributed by atoms with van der Waals surface area (Å²) in [5.74, 6) is 3.03. The van der Waals surface area contributed by atoms with Crippen LogP contribution < -0.4 is 4.74 Å². The Balaban J connectivity index is 1.99. The minimum atomic E-state index is -3.01. The van der Waals surface area contributed by atoms with Crippen molar-refractivity contribution < 1.29 is 13.5 Å². The maximum absolute atomic E-state index is 13.0. The van der Waals surface area contributed by atoms with Crippen LogP contribution in [-0.2, 0) is 0 Å². The zero-order chi connectivity index (χ0) is 19.8. The van der Waals surface area contributed by atoms with Crippen molar-refractivity contribution in [2.45, 2.75) is 25.1 Å². The Kier molecular flexibility index (Phi) is 4.55. The van der Waals surface area contributed by atoms with E-state index in [0.717, 1.165) is 0 Å². The number of halogens is 3. The smallest absolute Gasteiger partial charge is 0.387 e. The third kappa shape index (κ3) is 2.91. The summed E-state index contributed by atoms with van der Waals surface area (Å²) in [6.45, 7) is -3.01. The normalized spacial score (nSPS) is 18.0. The van der Waals surface area contributed by atoms with E-state index in [2.05, 4.69) is 20.9 Å². The van der Waals surface area contributed by atoms with Gasteiger partial charge in [-0.2, -0.15) is 8.78 Å². The van der Waals surface area contributed by atoms with E-state index in [1.807, 2.05) is 4.57 Å². The molecule has 0 saturated carbocycles. The summed E-state index contributed by atoms with van der Waals surface area (Å²) in [6, 6.07) is 8.74. The first-order valence-corrected chi connectivity index (χ1v) is 8.67. The van der Waals surface area contributed by atoms with Gasteiger partial charge in [-0.05, 0) is 42.3 Å². The minimum absolute atomic E-state index is 0.0214. The highest BCUT2D eigenvalue weighted by molar-refractivity contribution is 6.31. The molecule has 2 heterocycles. The van der Waals surface area contributed by atoms with Gasteiger partial charge in [0, 0.05) is 21.1 Å². The van der Waals surface area contributed by atoms with E-state index in [0.29, 0.717) is 39.4 Å². The molecule has 1 aliphatic rings. The monoisotopic (exact) mass is 399 g/mol. The molecule has 6 nitrogen and oxygen atoms in total. The van der Waals surface area contributed by atoms with Gasteiger partial charge in [0.2, 0.25) is 0 Å². The summed E-state index contributed by atoms with van der Waals surface area (Å²) in [5.41, 5.74) is 11.1. The Hall–Kier alpha value is -3.27. The van der Waals surface area contributed by atoms with Crippen molar-refractivity contribution in [3.8, 4) is 18.1 Å². The van der Waals surface area contributed by atoms with Crippen LogP contribution in [0.25, 0.3) is 21.5 Å². The number of hydrogen-bond acceptors (Lipinski definition) is 3. The second-order valence-electron chi connectivity index (χ2n) is 6.19. The SMILES string of the molecule is C#Cc1cccc(OC(F)F)c1[C@H]1C[C@H](N=[N+]=[N-])c2nc3ccc(Cl)cc3n21. The molecule has 0 bridgehead atoms. The molecule has 3 aromatic rings. The van der Waals surface area contributed by atoms with Crippen LogP contribution in [0.1, 0.15) is 35.5 Å². The molecule has 0 aliphatic carbocycles. The van der Waals surface area contributed by atoms with Crippen molar-refractivity contribution in [1.82, 2.24) is 9.55 Å². The lowest BCUT2D eigenvalue weighted by molar-refractivity contribution is -0.0507. The number of alkyl halides is 2. The molecule has 1 aliphatic heterocycles. The highest BCUT2D eigenvalue weighted by Crippen LogP contribution is 2.46. The Labute approximate surface area is 163 Å². The van der Waals surface area contributed by atoms with Gasteiger partial charge in [0.15, 0.2) is 0 Å². The number of azide groups is 1. The Morgan fingerprint density at radius 2 is 2.21 bits per heavy atom. The molecule has 0 fully saturated rings. The molecule has 2 aromatic carbocycles. The van der Waals surface area contributed by atoms with E-state index in [1.165, 1.54) is 6.07 Å². The van der Waals surface area contributed by atoms with Gasteiger partial charge in [-0.3, -0.25) is 0 Å². The molecule has 0 N–H and O–H groups in total. The second kappa shape index (κ2) is 7.04. The molecule has 0 spiro atoms. The van der Waals surface area contributed by atoms with Gasteiger partial charge in [0.25, 0.3) is 0 Å². The molecule has 140 valence electrons. The van der Waals surface area contributed by atoms with Crippen LogP contribution in [0.2, 0.25) is 5.02 Å². The van der Waals surface area contributed by atoms with Crippen LogP contribution in [0.15, 0.2) is 41.5 Å². The van der Waals surface area contributed by atoms with Gasteiger partial charge >= 0.3 is 6.61 Å². The molecule has 2 atom stereocenters. The number of rotatable bonds is 4. The molecule has 0 unspecified atom stereocenters.